The number of benzene rings is 2. The van der Waals surface area contributed by atoms with E-state index in [9.17, 15) is 4.79 Å². The number of para-hydroxylation sites is 1. The third-order valence-electron chi connectivity index (χ3n) is 5.54. The molecular weight excluding hydrogens is 390 g/mol. The zero-order chi connectivity index (χ0) is 21.6. The molecule has 0 atom stereocenters. The number of aromatic nitrogens is 1. The molecule has 6 heteroatoms. The van der Waals surface area contributed by atoms with Gasteiger partial charge in [0.2, 0.25) is 0 Å². The lowest BCUT2D eigenvalue weighted by molar-refractivity contribution is 0.0628. The van der Waals surface area contributed by atoms with Crippen LogP contribution in [0.15, 0.2) is 67.4 Å². The number of methoxy groups -OCH3 is 1. The zero-order valence-electron chi connectivity index (χ0n) is 17.8. The van der Waals surface area contributed by atoms with Gasteiger partial charge in [-0.25, -0.2) is 0 Å². The number of nitrogens with zero attached hydrogens (tertiary/aromatic N) is 3. The van der Waals surface area contributed by atoms with Crippen LogP contribution >= 0.6 is 0 Å². The Hall–Kier alpha value is -3.38. The van der Waals surface area contributed by atoms with Crippen molar-refractivity contribution < 1.29 is 14.3 Å². The van der Waals surface area contributed by atoms with Gasteiger partial charge in [-0.15, -0.1) is 0 Å². The Labute approximate surface area is 182 Å². The van der Waals surface area contributed by atoms with Gasteiger partial charge in [0, 0.05) is 49.9 Å². The van der Waals surface area contributed by atoms with E-state index in [0.29, 0.717) is 36.8 Å². The molecule has 0 bridgehead atoms. The minimum atomic E-state index is 0.0139. The summed E-state index contributed by atoms with van der Waals surface area (Å²) in [6, 6.07) is 15.7. The number of ether oxygens (including phenoxy) is 2. The van der Waals surface area contributed by atoms with Gasteiger partial charge in [0.1, 0.15) is 6.61 Å². The monoisotopic (exact) mass is 417 g/mol. The van der Waals surface area contributed by atoms with Gasteiger partial charge in [0.15, 0.2) is 11.5 Å². The van der Waals surface area contributed by atoms with Crippen LogP contribution in [0.5, 0.6) is 11.5 Å². The number of piperazine rings is 1. The molecule has 1 aliphatic heterocycles. The van der Waals surface area contributed by atoms with Crippen molar-refractivity contribution in [2.75, 3.05) is 39.9 Å². The molecule has 0 unspecified atom stereocenters. The van der Waals surface area contributed by atoms with Gasteiger partial charge in [0.05, 0.1) is 12.6 Å². The van der Waals surface area contributed by atoms with E-state index < -0.39 is 0 Å². The Balaban J connectivity index is 1.39. The number of hydrogen-bond donors (Lipinski definition) is 0. The maximum absolute atomic E-state index is 13.0. The lowest BCUT2D eigenvalue weighted by atomic mass is 10.1. The third kappa shape index (κ3) is 4.70. The first kappa shape index (κ1) is 20.9. The molecule has 1 aromatic heterocycles. The summed E-state index contributed by atoms with van der Waals surface area (Å²) < 4.78 is 11.0. The highest BCUT2D eigenvalue weighted by Crippen LogP contribution is 2.29. The van der Waals surface area contributed by atoms with Crippen molar-refractivity contribution in [3.05, 3.63) is 78.5 Å². The van der Waals surface area contributed by atoms with E-state index in [1.807, 2.05) is 17.2 Å². The van der Waals surface area contributed by atoms with Crippen LogP contribution in [0.4, 0.5) is 0 Å². The maximum atomic E-state index is 13.0. The van der Waals surface area contributed by atoms with Crippen LogP contribution in [0, 0.1) is 0 Å². The molecule has 3 aromatic rings. The van der Waals surface area contributed by atoms with E-state index in [1.54, 1.807) is 31.4 Å². The van der Waals surface area contributed by atoms with E-state index in [4.69, 9.17) is 9.47 Å². The zero-order valence-corrected chi connectivity index (χ0v) is 17.8. The maximum Gasteiger partial charge on any atom is 0.254 e. The number of carbonyl (C=O) groups excluding carboxylic acids is 1. The molecule has 2 heterocycles. The molecule has 160 valence electrons. The summed E-state index contributed by atoms with van der Waals surface area (Å²) in [7, 11) is 1.57. The summed E-state index contributed by atoms with van der Waals surface area (Å²) in [5.41, 5.74) is 2.88. The van der Waals surface area contributed by atoms with E-state index in [-0.39, 0.29) is 5.91 Å². The van der Waals surface area contributed by atoms with Crippen molar-refractivity contribution in [2.24, 2.45) is 0 Å². The minimum absolute atomic E-state index is 0.0139. The van der Waals surface area contributed by atoms with Crippen molar-refractivity contribution >= 4 is 16.8 Å². The highest BCUT2D eigenvalue weighted by molar-refractivity contribution is 5.95. The van der Waals surface area contributed by atoms with Gasteiger partial charge in [-0.2, -0.15) is 0 Å². The quantitative estimate of drug-likeness (QED) is 0.548. The van der Waals surface area contributed by atoms with Crippen LogP contribution in [0.2, 0.25) is 0 Å². The Morgan fingerprint density at radius 2 is 1.90 bits per heavy atom. The summed E-state index contributed by atoms with van der Waals surface area (Å²) in [5, 5.41) is 1.16. The number of carbonyl (C=O) groups is 1. The van der Waals surface area contributed by atoms with Crippen LogP contribution in [0.3, 0.4) is 0 Å². The molecule has 1 aliphatic rings. The molecule has 1 saturated heterocycles. The summed E-state index contributed by atoms with van der Waals surface area (Å²) in [6.07, 6.45) is 3.51. The van der Waals surface area contributed by atoms with Crippen LogP contribution < -0.4 is 9.47 Å². The SMILES string of the molecule is C=CCOc1ccc(C(=O)N2CCN(Cc3cccc4cccnc34)CC2)cc1OC. The standard InChI is InChI=1S/C25H27N3O3/c1-3-16-31-22-10-9-20(17-23(22)30-2)25(29)28-14-12-27(13-15-28)18-21-7-4-6-19-8-5-11-26-24(19)21/h3-11,17H,1,12-16,18H2,2H3. The second-order valence-corrected chi connectivity index (χ2v) is 7.53. The second-order valence-electron chi connectivity index (χ2n) is 7.53. The summed E-state index contributed by atoms with van der Waals surface area (Å²) in [4.78, 5) is 21.8. The Morgan fingerprint density at radius 3 is 2.68 bits per heavy atom. The molecule has 4 rings (SSSR count). The molecule has 0 N–H and O–H groups in total. The van der Waals surface area contributed by atoms with E-state index in [2.05, 4.69) is 40.7 Å². The molecule has 0 aliphatic carbocycles. The van der Waals surface area contributed by atoms with E-state index in [1.165, 1.54) is 5.56 Å². The summed E-state index contributed by atoms with van der Waals surface area (Å²) in [5.74, 6) is 1.17. The third-order valence-corrected chi connectivity index (χ3v) is 5.54. The summed E-state index contributed by atoms with van der Waals surface area (Å²) in [6.45, 7) is 7.90. The molecule has 1 amide bonds. The van der Waals surface area contributed by atoms with E-state index >= 15 is 0 Å². The molecule has 0 radical (unpaired) electrons. The van der Waals surface area contributed by atoms with Crippen LogP contribution in [-0.2, 0) is 6.54 Å². The molecule has 31 heavy (non-hydrogen) atoms. The first-order chi connectivity index (χ1) is 15.2. The first-order valence-corrected chi connectivity index (χ1v) is 10.5. The predicted molar refractivity (Wildman–Crippen MR) is 122 cm³/mol. The normalized spacial score (nSPS) is 14.4. The topological polar surface area (TPSA) is 54.9 Å². The Bertz CT molecular complexity index is 1070. The molecule has 0 saturated carbocycles. The van der Waals surface area contributed by atoms with Gasteiger partial charge in [-0.3, -0.25) is 14.7 Å². The number of pyridine rings is 1. The van der Waals surface area contributed by atoms with Crippen molar-refractivity contribution in [3.8, 4) is 11.5 Å². The highest BCUT2D eigenvalue weighted by atomic mass is 16.5. The second kappa shape index (κ2) is 9.62. The smallest absolute Gasteiger partial charge is 0.254 e. The fraction of sp³-hybridized carbons (Fsp3) is 0.280. The van der Waals surface area contributed by atoms with Crippen molar-refractivity contribution in [1.29, 1.82) is 0 Å². The number of fused-ring (bicyclic) bond motifs is 1. The Morgan fingerprint density at radius 1 is 1.10 bits per heavy atom. The minimum Gasteiger partial charge on any atom is -0.493 e. The molecule has 6 nitrogen and oxygen atoms in total. The number of hydrogen-bond acceptors (Lipinski definition) is 5. The van der Waals surface area contributed by atoms with Gasteiger partial charge >= 0.3 is 0 Å². The largest absolute Gasteiger partial charge is 0.493 e. The molecule has 0 spiro atoms. The van der Waals surface area contributed by atoms with Gasteiger partial charge < -0.3 is 14.4 Å². The fourth-order valence-electron chi connectivity index (χ4n) is 3.90. The first-order valence-electron chi connectivity index (χ1n) is 10.5. The summed E-state index contributed by atoms with van der Waals surface area (Å²) >= 11 is 0. The van der Waals surface area contributed by atoms with Crippen molar-refractivity contribution in [2.45, 2.75) is 6.54 Å². The molecule has 2 aromatic carbocycles. The van der Waals surface area contributed by atoms with Crippen LogP contribution in [0.25, 0.3) is 10.9 Å². The highest BCUT2D eigenvalue weighted by Gasteiger charge is 2.23. The van der Waals surface area contributed by atoms with Gasteiger partial charge in [-0.1, -0.05) is 36.9 Å². The fourth-order valence-corrected chi connectivity index (χ4v) is 3.90. The Kier molecular flexibility index (Phi) is 6.48. The lowest BCUT2D eigenvalue weighted by Gasteiger charge is -2.35. The number of amides is 1. The predicted octanol–water partition coefficient (Wildman–Crippen LogP) is 3.77. The van der Waals surface area contributed by atoms with E-state index in [0.717, 1.165) is 30.5 Å². The van der Waals surface area contributed by atoms with Crippen LogP contribution in [-0.4, -0.2) is 60.6 Å². The average Bonchev–Trinajstić information content (AvgIpc) is 2.83. The van der Waals surface area contributed by atoms with Gasteiger partial charge in [0.25, 0.3) is 5.91 Å². The van der Waals surface area contributed by atoms with Gasteiger partial charge in [-0.05, 0) is 29.8 Å². The van der Waals surface area contributed by atoms with Crippen molar-refractivity contribution in [3.63, 3.8) is 0 Å². The molecule has 1 fully saturated rings. The van der Waals surface area contributed by atoms with Crippen molar-refractivity contribution in [1.82, 2.24) is 14.8 Å². The molecular formula is C25H27N3O3. The lowest BCUT2D eigenvalue weighted by Crippen LogP contribution is -2.48. The van der Waals surface area contributed by atoms with Crippen LogP contribution in [0.1, 0.15) is 15.9 Å². The number of rotatable bonds is 7. The average molecular weight is 418 g/mol.